The summed E-state index contributed by atoms with van der Waals surface area (Å²) in [4.78, 5) is 22.9. The van der Waals surface area contributed by atoms with Crippen molar-refractivity contribution in [3.8, 4) is 28.5 Å². The molecule has 0 atom stereocenters. The minimum absolute atomic E-state index is 0.0352. The molecule has 0 unspecified atom stereocenters. The summed E-state index contributed by atoms with van der Waals surface area (Å²) in [5.41, 5.74) is 1.10. The molecule has 1 N–H and O–H groups in total. The fraction of sp³-hybridized carbons (Fsp3) is 0.125. The van der Waals surface area contributed by atoms with Crippen LogP contribution >= 0.6 is 11.6 Å². The van der Waals surface area contributed by atoms with E-state index in [1.165, 1.54) is 12.1 Å². The lowest BCUT2D eigenvalue weighted by atomic mass is 10.1. The maximum atomic E-state index is 12.9. The number of rotatable bonds is 5. The summed E-state index contributed by atoms with van der Waals surface area (Å²) in [6.07, 6.45) is -4.47. The number of hydrogen-bond acceptors (Lipinski definition) is 4. The van der Waals surface area contributed by atoms with Crippen LogP contribution in [0.4, 0.5) is 13.2 Å². The summed E-state index contributed by atoms with van der Waals surface area (Å²) < 4.78 is 44.5. The topological polar surface area (TPSA) is 67.9 Å². The van der Waals surface area contributed by atoms with Crippen molar-refractivity contribution >= 4 is 11.6 Å². The quantitative estimate of drug-likeness (QED) is 0.384. The van der Waals surface area contributed by atoms with Crippen molar-refractivity contribution in [1.29, 1.82) is 0 Å². The smallest absolute Gasteiger partial charge is 0.416 e. The predicted octanol–water partition coefficient (Wildman–Crippen LogP) is 6.06. The number of aromatic amines is 1. The second kappa shape index (κ2) is 9.07. The van der Waals surface area contributed by atoms with E-state index in [1.54, 1.807) is 18.2 Å². The van der Waals surface area contributed by atoms with Crippen LogP contribution in [0.3, 0.4) is 0 Å². The molecule has 0 radical (unpaired) electrons. The van der Waals surface area contributed by atoms with Crippen molar-refractivity contribution in [3.05, 3.63) is 98.9 Å². The molecule has 5 nitrogen and oxygen atoms in total. The number of H-pyrrole nitrogens is 1. The van der Waals surface area contributed by atoms with E-state index in [9.17, 15) is 18.0 Å². The van der Waals surface area contributed by atoms with Gasteiger partial charge in [0.2, 0.25) is 0 Å². The number of halogens is 4. The second-order valence-electron chi connectivity index (χ2n) is 7.29. The monoisotopic (exact) mass is 471 g/mol. The first-order valence-corrected chi connectivity index (χ1v) is 10.2. The van der Waals surface area contributed by atoms with E-state index in [0.717, 1.165) is 23.3 Å². The molecule has 0 fully saturated rings. The van der Waals surface area contributed by atoms with Gasteiger partial charge >= 0.3 is 11.9 Å². The molecule has 168 valence electrons. The van der Waals surface area contributed by atoms with Crippen molar-refractivity contribution in [2.75, 3.05) is 0 Å². The zero-order valence-corrected chi connectivity index (χ0v) is 18.0. The first-order valence-electron chi connectivity index (χ1n) is 9.84. The SMILES string of the molecule is Cc1cccc(COc2cccc(Cl)c2-c2nc(-c3ccc(C(F)(F)F)cc3)nc(=O)[nH]2)c1. The van der Waals surface area contributed by atoms with Gasteiger partial charge in [0.1, 0.15) is 18.2 Å². The van der Waals surface area contributed by atoms with E-state index in [4.69, 9.17) is 16.3 Å². The van der Waals surface area contributed by atoms with E-state index < -0.39 is 17.4 Å². The minimum Gasteiger partial charge on any atom is -0.488 e. The van der Waals surface area contributed by atoms with E-state index in [0.29, 0.717) is 11.3 Å². The fourth-order valence-electron chi connectivity index (χ4n) is 3.26. The highest BCUT2D eigenvalue weighted by molar-refractivity contribution is 6.33. The average Bonchev–Trinajstić information content (AvgIpc) is 2.77. The van der Waals surface area contributed by atoms with Crippen molar-refractivity contribution < 1.29 is 17.9 Å². The summed E-state index contributed by atoms with van der Waals surface area (Å²) in [5, 5.41) is 0.282. The first kappa shape index (κ1) is 22.5. The average molecular weight is 472 g/mol. The van der Waals surface area contributed by atoms with Gasteiger partial charge in [-0.3, -0.25) is 4.98 Å². The molecule has 0 aliphatic carbocycles. The molecule has 4 rings (SSSR count). The molecule has 3 aromatic carbocycles. The van der Waals surface area contributed by atoms with E-state index in [1.807, 2.05) is 31.2 Å². The Morgan fingerprint density at radius 2 is 1.73 bits per heavy atom. The Kier molecular flexibility index (Phi) is 6.20. The van der Waals surface area contributed by atoms with Gasteiger partial charge in [-0.05, 0) is 36.8 Å². The summed E-state index contributed by atoms with van der Waals surface area (Å²) in [6.45, 7) is 2.23. The Morgan fingerprint density at radius 3 is 2.42 bits per heavy atom. The van der Waals surface area contributed by atoms with Gasteiger partial charge in [0.05, 0.1) is 16.1 Å². The molecule has 1 aromatic heterocycles. The predicted molar refractivity (Wildman–Crippen MR) is 119 cm³/mol. The number of ether oxygens (including phenoxy) is 1. The van der Waals surface area contributed by atoms with Gasteiger partial charge in [-0.1, -0.05) is 59.6 Å². The number of alkyl halides is 3. The van der Waals surface area contributed by atoms with Gasteiger partial charge in [-0.25, -0.2) is 9.78 Å². The highest BCUT2D eigenvalue weighted by Crippen LogP contribution is 2.35. The van der Waals surface area contributed by atoms with E-state index >= 15 is 0 Å². The number of benzene rings is 3. The van der Waals surface area contributed by atoms with Crippen LogP contribution in [0.25, 0.3) is 22.8 Å². The van der Waals surface area contributed by atoms with Crippen LogP contribution in [-0.4, -0.2) is 15.0 Å². The Bertz CT molecular complexity index is 1350. The maximum Gasteiger partial charge on any atom is 0.416 e. The van der Waals surface area contributed by atoms with Crippen molar-refractivity contribution in [3.63, 3.8) is 0 Å². The summed E-state index contributed by atoms with van der Waals surface area (Å²) in [7, 11) is 0. The number of nitrogens with zero attached hydrogens (tertiary/aromatic N) is 2. The van der Waals surface area contributed by atoms with Crippen LogP contribution in [-0.2, 0) is 12.8 Å². The Morgan fingerprint density at radius 1 is 1.00 bits per heavy atom. The maximum absolute atomic E-state index is 12.9. The first-order chi connectivity index (χ1) is 15.7. The fourth-order valence-corrected chi connectivity index (χ4v) is 3.51. The third kappa shape index (κ3) is 5.23. The molecular formula is C24H17ClF3N3O2. The third-order valence-electron chi connectivity index (χ3n) is 4.81. The highest BCUT2D eigenvalue weighted by atomic mass is 35.5. The Hall–Kier alpha value is -3.65. The van der Waals surface area contributed by atoms with Crippen LogP contribution in [0.5, 0.6) is 5.75 Å². The zero-order chi connectivity index (χ0) is 23.6. The molecule has 0 saturated heterocycles. The zero-order valence-electron chi connectivity index (χ0n) is 17.3. The second-order valence-corrected chi connectivity index (χ2v) is 7.70. The molecule has 0 saturated carbocycles. The molecule has 0 spiro atoms. The molecular weight excluding hydrogens is 455 g/mol. The number of nitrogens with one attached hydrogen (secondary N) is 1. The van der Waals surface area contributed by atoms with Gasteiger partial charge in [0, 0.05) is 5.56 Å². The van der Waals surface area contributed by atoms with Gasteiger partial charge in [-0.15, -0.1) is 0 Å². The van der Waals surface area contributed by atoms with Gasteiger partial charge in [0.25, 0.3) is 0 Å². The Labute approximate surface area is 191 Å². The van der Waals surface area contributed by atoms with Crippen LogP contribution in [0, 0.1) is 6.92 Å². The third-order valence-corrected chi connectivity index (χ3v) is 5.12. The molecule has 0 aliphatic heterocycles. The Balaban J connectivity index is 1.71. The van der Waals surface area contributed by atoms with Crippen LogP contribution in [0.2, 0.25) is 5.02 Å². The molecule has 33 heavy (non-hydrogen) atoms. The van der Waals surface area contributed by atoms with Gasteiger partial charge in [-0.2, -0.15) is 18.2 Å². The van der Waals surface area contributed by atoms with E-state index in [2.05, 4.69) is 15.0 Å². The minimum atomic E-state index is -4.47. The van der Waals surface area contributed by atoms with E-state index in [-0.39, 0.29) is 28.8 Å². The summed E-state index contributed by atoms with van der Waals surface area (Å²) in [6, 6.07) is 17.1. The largest absolute Gasteiger partial charge is 0.488 e. The lowest BCUT2D eigenvalue weighted by Crippen LogP contribution is -2.15. The number of hydrogen-bond donors (Lipinski definition) is 1. The molecule has 0 bridgehead atoms. The van der Waals surface area contributed by atoms with Gasteiger partial charge < -0.3 is 4.74 Å². The normalized spacial score (nSPS) is 11.4. The molecule has 4 aromatic rings. The van der Waals surface area contributed by atoms with Crippen LogP contribution in [0.15, 0.2) is 71.5 Å². The summed E-state index contributed by atoms with van der Waals surface area (Å²) >= 11 is 6.41. The highest BCUT2D eigenvalue weighted by Gasteiger charge is 2.30. The standard InChI is InChI=1S/C24H17ClF3N3O2/c1-14-4-2-5-15(12-14)13-33-19-7-3-6-18(25)20(19)22-29-21(30-23(32)31-22)16-8-10-17(11-9-16)24(26,27)28/h2-12H,13H2,1H3,(H,29,30,31,32). The number of aromatic nitrogens is 3. The van der Waals surface area contributed by atoms with Crippen molar-refractivity contribution in [2.45, 2.75) is 19.7 Å². The molecule has 9 heteroatoms. The molecule has 0 amide bonds. The summed E-state index contributed by atoms with van der Waals surface area (Å²) in [5.74, 6) is 0.443. The molecule has 1 heterocycles. The van der Waals surface area contributed by atoms with Crippen molar-refractivity contribution in [2.24, 2.45) is 0 Å². The lowest BCUT2D eigenvalue weighted by Gasteiger charge is -2.13. The number of aryl methyl sites for hydroxylation is 1. The lowest BCUT2D eigenvalue weighted by molar-refractivity contribution is -0.137. The van der Waals surface area contributed by atoms with Crippen LogP contribution in [0.1, 0.15) is 16.7 Å². The van der Waals surface area contributed by atoms with Crippen LogP contribution < -0.4 is 10.4 Å². The molecule has 0 aliphatic rings. The van der Waals surface area contributed by atoms with Crippen molar-refractivity contribution in [1.82, 2.24) is 15.0 Å². The van der Waals surface area contributed by atoms with Gasteiger partial charge in [0.15, 0.2) is 5.82 Å².